The third-order valence-electron chi connectivity index (χ3n) is 3.23. The Labute approximate surface area is 139 Å². The summed E-state index contributed by atoms with van der Waals surface area (Å²) in [4.78, 5) is 13.6. The van der Waals surface area contributed by atoms with Crippen LogP contribution >= 0.6 is 0 Å². The number of ether oxygens (including phenoxy) is 2. The van der Waals surface area contributed by atoms with Crippen molar-refractivity contribution in [1.82, 2.24) is 10.1 Å². The van der Waals surface area contributed by atoms with Crippen LogP contribution in [0.15, 0.2) is 40.6 Å². The molecule has 0 spiro atoms. The highest BCUT2D eigenvalue weighted by Crippen LogP contribution is 2.27. The van der Waals surface area contributed by atoms with E-state index in [1.807, 2.05) is 14.1 Å². The van der Waals surface area contributed by atoms with Gasteiger partial charge in [-0.25, -0.2) is 9.18 Å². The van der Waals surface area contributed by atoms with Crippen LogP contribution in [-0.4, -0.2) is 44.3 Å². The number of carbonyl (C=O) groups is 1. The number of esters is 1. The van der Waals surface area contributed by atoms with Gasteiger partial charge in [-0.15, -0.1) is 0 Å². The van der Waals surface area contributed by atoms with Crippen LogP contribution in [0.5, 0.6) is 5.75 Å². The zero-order chi connectivity index (χ0) is 17.7. The summed E-state index contributed by atoms with van der Waals surface area (Å²) in [5.74, 6) is -0.315. The lowest BCUT2D eigenvalue weighted by Gasteiger charge is -2.09. The van der Waals surface area contributed by atoms with E-state index in [1.165, 1.54) is 26.4 Å². The zero-order valence-corrected chi connectivity index (χ0v) is 14.0. The number of benzene rings is 1. The van der Waals surface area contributed by atoms with Gasteiger partial charge in [-0.2, -0.15) is 0 Å². The summed E-state index contributed by atoms with van der Waals surface area (Å²) < 4.78 is 28.5. The smallest absolute Gasteiger partial charge is 0.335 e. The number of halogens is 1. The SMILES string of the molecule is COC(=O)/C(=C\N(C)C)Cc1cc(-c2ccc(F)c(OC)c2)on1. The molecule has 0 fully saturated rings. The summed E-state index contributed by atoms with van der Waals surface area (Å²) in [5, 5.41) is 3.96. The van der Waals surface area contributed by atoms with Crippen LogP contribution in [0.2, 0.25) is 0 Å². The molecule has 0 radical (unpaired) electrons. The van der Waals surface area contributed by atoms with Gasteiger partial charge in [-0.3, -0.25) is 0 Å². The van der Waals surface area contributed by atoms with Gasteiger partial charge in [0.1, 0.15) is 0 Å². The molecule has 2 aromatic rings. The van der Waals surface area contributed by atoms with E-state index in [4.69, 9.17) is 14.0 Å². The molecule has 0 amide bonds. The normalized spacial score (nSPS) is 11.3. The molecule has 0 saturated heterocycles. The van der Waals surface area contributed by atoms with Gasteiger partial charge in [0, 0.05) is 38.3 Å². The molecule has 0 unspecified atom stereocenters. The van der Waals surface area contributed by atoms with Gasteiger partial charge in [-0.1, -0.05) is 5.16 Å². The molecular formula is C17H19FN2O4. The average molecular weight is 334 g/mol. The second-order valence-electron chi connectivity index (χ2n) is 5.32. The third kappa shape index (κ3) is 4.13. The summed E-state index contributed by atoms with van der Waals surface area (Å²) in [5.41, 5.74) is 1.63. The van der Waals surface area contributed by atoms with Gasteiger partial charge in [0.15, 0.2) is 17.3 Å². The molecule has 24 heavy (non-hydrogen) atoms. The van der Waals surface area contributed by atoms with Crippen molar-refractivity contribution >= 4 is 5.97 Å². The number of aromatic nitrogens is 1. The maximum absolute atomic E-state index is 13.5. The Bertz CT molecular complexity index is 753. The predicted molar refractivity (Wildman–Crippen MR) is 85.9 cm³/mol. The molecule has 0 atom stereocenters. The molecule has 0 aliphatic carbocycles. The van der Waals surface area contributed by atoms with Crippen molar-refractivity contribution in [3.05, 3.63) is 47.5 Å². The van der Waals surface area contributed by atoms with Crippen LogP contribution in [0, 0.1) is 5.82 Å². The molecule has 0 saturated carbocycles. The Hall–Kier alpha value is -2.83. The maximum atomic E-state index is 13.5. The van der Waals surface area contributed by atoms with E-state index < -0.39 is 11.8 Å². The van der Waals surface area contributed by atoms with E-state index in [0.29, 0.717) is 22.6 Å². The number of nitrogens with zero attached hydrogens (tertiary/aromatic N) is 2. The molecule has 2 rings (SSSR count). The maximum Gasteiger partial charge on any atom is 0.335 e. The third-order valence-corrected chi connectivity index (χ3v) is 3.23. The fraction of sp³-hybridized carbons (Fsp3) is 0.294. The number of hydrogen-bond donors (Lipinski definition) is 0. The Kier molecular flexibility index (Phi) is 5.57. The van der Waals surface area contributed by atoms with Gasteiger partial charge in [0.2, 0.25) is 0 Å². The average Bonchev–Trinajstić information content (AvgIpc) is 3.02. The van der Waals surface area contributed by atoms with Crippen LogP contribution < -0.4 is 4.74 Å². The van der Waals surface area contributed by atoms with Crippen LogP contribution in [-0.2, 0) is 16.0 Å². The number of rotatable bonds is 6. The van der Waals surface area contributed by atoms with E-state index >= 15 is 0 Å². The predicted octanol–water partition coefficient (Wildman–Crippen LogP) is 2.65. The Balaban J connectivity index is 2.25. The molecule has 7 heteroatoms. The summed E-state index contributed by atoms with van der Waals surface area (Å²) >= 11 is 0. The molecule has 0 bridgehead atoms. The first-order chi connectivity index (χ1) is 11.4. The van der Waals surface area contributed by atoms with E-state index in [2.05, 4.69) is 5.16 Å². The topological polar surface area (TPSA) is 64.8 Å². The first-order valence-electron chi connectivity index (χ1n) is 7.19. The minimum atomic E-state index is -0.456. The first kappa shape index (κ1) is 17.5. The van der Waals surface area contributed by atoms with Crippen molar-refractivity contribution in [3.8, 4) is 17.1 Å². The Morgan fingerprint density at radius 2 is 2.08 bits per heavy atom. The molecule has 6 nitrogen and oxygen atoms in total. The molecule has 1 heterocycles. The van der Waals surface area contributed by atoms with Crippen molar-refractivity contribution in [1.29, 1.82) is 0 Å². The second-order valence-corrected chi connectivity index (χ2v) is 5.32. The fourth-order valence-corrected chi connectivity index (χ4v) is 2.15. The van der Waals surface area contributed by atoms with Gasteiger partial charge in [-0.05, 0) is 18.2 Å². The van der Waals surface area contributed by atoms with Crippen LogP contribution in [0.1, 0.15) is 5.69 Å². The van der Waals surface area contributed by atoms with Crippen molar-refractivity contribution < 1.29 is 23.2 Å². The van der Waals surface area contributed by atoms with Crippen molar-refractivity contribution in [2.45, 2.75) is 6.42 Å². The molecule has 1 aromatic carbocycles. The Morgan fingerprint density at radius 3 is 2.71 bits per heavy atom. The highest BCUT2D eigenvalue weighted by atomic mass is 19.1. The zero-order valence-electron chi connectivity index (χ0n) is 14.0. The second kappa shape index (κ2) is 7.63. The molecule has 0 aliphatic heterocycles. The van der Waals surface area contributed by atoms with E-state index in [1.54, 1.807) is 23.2 Å². The highest BCUT2D eigenvalue weighted by Gasteiger charge is 2.16. The van der Waals surface area contributed by atoms with E-state index in [9.17, 15) is 9.18 Å². The number of carbonyl (C=O) groups excluding carboxylic acids is 1. The summed E-state index contributed by atoms with van der Waals surface area (Å²) in [6.45, 7) is 0. The largest absolute Gasteiger partial charge is 0.494 e. The van der Waals surface area contributed by atoms with Crippen LogP contribution in [0.3, 0.4) is 0 Å². The molecule has 0 N–H and O–H groups in total. The quantitative estimate of drug-likeness (QED) is 0.598. The standard InChI is InChI=1S/C17H19FN2O4/c1-20(2)10-12(17(21)23-4)7-13-9-15(24-19-13)11-5-6-14(18)16(8-11)22-3/h5-6,8-10H,7H2,1-4H3/b12-10-. The van der Waals surface area contributed by atoms with Gasteiger partial charge in [0.05, 0.1) is 25.5 Å². The molecular weight excluding hydrogens is 315 g/mol. The summed E-state index contributed by atoms with van der Waals surface area (Å²) in [6.07, 6.45) is 1.92. The number of methoxy groups -OCH3 is 2. The highest BCUT2D eigenvalue weighted by molar-refractivity contribution is 5.88. The Morgan fingerprint density at radius 1 is 1.33 bits per heavy atom. The van der Waals surface area contributed by atoms with Crippen LogP contribution in [0.25, 0.3) is 11.3 Å². The van der Waals surface area contributed by atoms with E-state index in [0.717, 1.165) is 0 Å². The van der Waals surface area contributed by atoms with E-state index in [-0.39, 0.29) is 12.2 Å². The lowest BCUT2D eigenvalue weighted by Crippen LogP contribution is -2.12. The molecule has 128 valence electrons. The molecule has 1 aromatic heterocycles. The fourth-order valence-electron chi connectivity index (χ4n) is 2.15. The van der Waals surface area contributed by atoms with Crippen molar-refractivity contribution in [2.24, 2.45) is 0 Å². The van der Waals surface area contributed by atoms with Crippen LogP contribution in [0.4, 0.5) is 4.39 Å². The monoisotopic (exact) mass is 334 g/mol. The minimum Gasteiger partial charge on any atom is -0.494 e. The van der Waals surface area contributed by atoms with Gasteiger partial charge >= 0.3 is 5.97 Å². The summed E-state index contributed by atoms with van der Waals surface area (Å²) in [7, 11) is 6.33. The minimum absolute atomic E-state index is 0.119. The van der Waals surface area contributed by atoms with Gasteiger partial charge < -0.3 is 18.9 Å². The van der Waals surface area contributed by atoms with Crippen molar-refractivity contribution in [3.63, 3.8) is 0 Å². The van der Waals surface area contributed by atoms with Crippen molar-refractivity contribution in [2.75, 3.05) is 28.3 Å². The lowest BCUT2D eigenvalue weighted by molar-refractivity contribution is -0.136. The molecule has 0 aliphatic rings. The summed E-state index contributed by atoms with van der Waals surface area (Å²) in [6, 6.07) is 6.08. The number of hydrogen-bond acceptors (Lipinski definition) is 6. The lowest BCUT2D eigenvalue weighted by atomic mass is 10.1. The van der Waals surface area contributed by atoms with Gasteiger partial charge in [0.25, 0.3) is 0 Å². The first-order valence-corrected chi connectivity index (χ1v) is 7.19.